The minimum absolute atomic E-state index is 0.0501. The molecule has 0 spiro atoms. The maximum Gasteiger partial charge on any atom is 0.315 e. The van der Waals surface area contributed by atoms with Gasteiger partial charge in [0.2, 0.25) is 0 Å². The molecule has 7 nitrogen and oxygen atoms in total. The van der Waals surface area contributed by atoms with E-state index in [1.165, 1.54) is 25.4 Å². The molecule has 130 valence electrons. The third-order valence-electron chi connectivity index (χ3n) is 2.99. The number of pyridine rings is 1. The first-order chi connectivity index (χ1) is 11.3. The van der Waals surface area contributed by atoms with Crippen molar-refractivity contribution in [3.63, 3.8) is 0 Å². The lowest BCUT2D eigenvalue weighted by molar-refractivity contribution is 0.240. The molecule has 0 saturated heterocycles. The number of urea groups is 1. The number of amides is 2. The van der Waals surface area contributed by atoms with E-state index in [4.69, 9.17) is 4.74 Å². The zero-order valence-electron chi connectivity index (χ0n) is 13.0. The number of nitrogens with zero attached hydrogens (tertiary/aromatic N) is 1. The lowest BCUT2D eigenvalue weighted by Crippen LogP contribution is -2.34. The van der Waals surface area contributed by atoms with Crippen LogP contribution in [-0.4, -0.2) is 32.8 Å². The Morgan fingerprint density at radius 1 is 1.29 bits per heavy atom. The molecule has 0 atom stereocenters. The van der Waals surface area contributed by atoms with Gasteiger partial charge in [0, 0.05) is 23.4 Å². The average Bonchev–Trinajstić information content (AvgIpc) is 3.01. The van der Waals surface area contributed by atoms with Gasteiger partial charge >= 0.3 is 6.03 Å². The number of nitrogens with one attached hydrogen (secondary N) is 2. The highest BCUT2D eigenvalue weighted by atomic mass is 32.2. The summed E-state index contributed by atoms with van der Waals surface area (Å²) in [5, 5.41) is 5.04. The maximum atomic E-state index is 13.9. The van der Waals surface area contributed by atoms with Crippen LogP contribution in [0.4, 0.5) is 9.18 Å². The smallest absolute Gasteiger partial charge is 0.315 e. The summed E-state index contributed by atoms with van der Waals surface area (Å²) in [6.45, 7) is 0.0634. The van der Waals surface area contributed by atoms with Gasteiger partial charge in [-0.25, -0.2) is 17.6 Å². The van der Waals surface area contributed by atoms with Gasteiger partial charge in [-0.15, -0.1) is 11.3 Å². The molecule has 2 amide bonds. The summed E-state index contributed by atoms with van der Waals surface area (Å²) in [7, 11) is -1.91. The number of hydrogen-bond acceptors (Lipinski definition) is 6. The first-order valence-electron chi connectivity index (χ1n) is 6.79. The van der Waals surface area contributed by atoms with Gasteiger partial charge in [0.05, 0.1) is 25.9 Å². The van der Waals surface area contributed by atoms with E-state index in [9.17, 15) is 17.6 Å². The summed E-state index contributed by atoms with van der Waals surface area (Å²) < 4.78 is 41.7. The molecule has 0 aliphatic heterocycles. The normalized spacial score (nSPS) is 11.1. The Kier molecular flexibility index (Phi) is 5.73. The highest BCUT2D eigenvalue weighted by Gasteiger charge is 2.12. The lowest BCUT2D eigenvalue weighted by atomic mass is 10.3. The second-order valence-corrected chi connectivity index (χ2v) is 8.21. The third-order valence-corrected chi connectivity index (χ3v) is 5.89. The highest BCUT2D eigenvalue weighted by Crippen LogP contribution is 2.21. The molecular formula is C14H16FN3O4S2. The molecule has 2 aromatic heterocycles. The summed E-state index contributed by atoms with van der Waals surface area (Å²) in [6.07, 6.45) is 2.51. The van der Waals surface area contributed by atoms with Crippen molar-refractivity contribution in [1.82, 2.24) is 15.6 Å². The Morgan fingerprint density at radius 3 is 2.62 bits per heavy atom. The van der Waals surface area contributed by atoms with Crippen LogP contribution in [0.2, 0.25) is 0 Å². The fourth-order valence-electron chi connectivity index (χ4n) is 1.79. The number of rotatable bonds is 6. The van der Waals surface area contributed by atoms with E-state index in [2.05, 4.69) is 15.6 Å². The van der Waals surface area contributed by atoms with E-state index in [1.54, 1.807) is 6.07 Å². The van der Waals surface area contributed by atoms with Crippen LogP contribution in [0.3, 0.4) is 0 Å². The number of methoxy groups -OCH3 is 1. The Bertz CT molecular complexity index is 836. The minimum atomic E-state index is -3.25. The fourth-order valence-corrected chi connectivity index (χ4v) is 3.71. The third kappa shape index (κ3) is 4.65. The molecule has 2 heterocycles. The molecule has 10 heteroatoms. The molecule has 0 aromatic carbocycles. The second kappa shape index (κ2) is 7.58. The molecule has 0 radical (unpaired) electrons. The van der Waals surface area contributed by atoms with Crippen molar-refractivity contribution in [3.05, 3.63) is 40.8 Å². The number of hydrogen-bond donors (Lipinski definition) is 2. The molecule has 0 saturated carbocycles. The van der Waals surface area contributed by atoms with Crippen LogP contribution in [-0.2, 0) is 22.9 Å². The number of carbonyl (C=O) groups is 1. The van der Waals surface area contributed by atoms with Crippen LogP contribution in [0.25, 0.3) is 0 Å². The van der Waals surface area contributed by atoms with Crippen molar-refractivity contribution >= 4 is 27.2 Å². The number of aromatic nitrogens is 1. The fraction of sp³-hybridized carbons (Fsp3) is 0.286. The number of ether oxygens (including phenoxy) is 1. The molecule has 2 N–H and O–H groups in total. The van der Waals surface area contributed by atoms with E-state index in [0.717, 1.165) is 17.6 Å². The number of halogens is 1. The number of carbonyl (C=O) groups excluding carboxylic acids is 1. The number of sulfone groups is 1. The summed E-state index contributed by atoms with van der Waals surface area (Å²) in [5.74, 6) is -0.578. The van der Waals surface area contributed by atoms with Crippen molar-refractivity contribution < 1.29 is 22.3 Å². The summed E-state index contributed by atoms with van der Waals surface area (Å²) >= 11 is 1.08. The highest BCUT2D eigenvalue weighted by molar-refractivity contribution is 7.92. The molecular weight excluding hydrogens is 357 g/mol. The van der Waals surface area contributed by atoms with Gasteiger partial charge in [-0.2, -0.15) is 0 Å². The molecule has 0 aliphatic carbocycles. The van der Waals surface area contributed by atoms with Crippen molar-refractivity contribution in [3.8, 4) is 5.75 Å². The quantitative estimate of drug-likeness (QED) is 0.803. The van der Waals surface area contributed by atoms with Gasteiger partial charge in [0.25, 0.3) is 0 Å². The largest absolute Gasteiger partial charge is 0.494 e. The van der Waals surface area contributed by atoms with E-state index >= 15 is 0 Å². The Labute approximate surface area is 142 Å². The predicted molar refractivity (Wildman–Crippen MR) is 87.3 cm³/mol. The van der Waals surface area contributed by atoms with Crippen LogP contribution < -0.4 is 15.4 Å². The Morgan fingerprint density at radius 2 is 2.00 bits per heavy atom. The van der Waals surface area contributed by atoms with E-state index in [0.29, 0.717) is 4.88 Å². The maximum absolute atomic E-state index is 13.9. The first kappa shape index (κ1) is 18.1. The van der Waals surface area contributed by atoms with Crippen molar-refractivity contribution in [2.45, 2.75) is 17.3 Å². The van der Waals surface area contributed by atoms with Crippen LogP contribution in [0.5, 0.6) is 5.75 Å². The standard InChI is InChI=1S/C14H16FN3O4S2/c1-22-11-5-6-16-10(13(11)15)8-18-14(19)17-7-9-3-4-12(23-9)24(2,20)21/h3-6H,7-8H2,1-2H3,(H2,17,18,19). The van der Waals surface area contributed by atoms with Gasteiger partial charge in [-0.1, -0.05) is 0 Å². The topological polar surface area (TPSA) is 97.4 Å². The Hall–Kier alpha value is -2.20. The minimum Gasteiger partial charge on any atom is -0.494 e. The molecule has 0 unspecified atom stereocenters. The molecule has 2 rings (SSSR count). The van der Waals surface area contributed by atoms with Gasteiger partial charge in [-0.05, 0) is 12.1 Å². The van der Waals surface area contributed by atoms with Crippen molar-refractivity contribution in [1.29, 1.82) is 0 Å². The SMILES string of the molecule is COc1ccnc(CNC(=O)NCc2ccc(S(C)(=O)=O)s2)c1F. The van der Waals surface area contributed by atoms with Gasteiger partial charge in [-0.3, -0.25) is 4.98 Å². The summed E-state index contributed by atoms with van der Waals surface area (Å²) in [5.41, 5.74) is 0.0555. The molecule has 0 bridgehead atoms. The summed E-state index contributed by atoms with van der Waals surface area (Å²) in [6, 6.07) is 3.98. The molecule has 0 aliphatic rings. The van der Waals surface area contributed by atoms with Gasteiger partial charge in [0.1, 0.15) is 4.21 Å². The zero-order chi connectivity index (χ0) is 17.7. The average molecular weight is 373 g/mol. The van der Waals surface area contributed by atoms with Crippen LogP contribution >= 0.6 is 11.3 Å². The number of thiophene rings is 1. The lowest BCUT2D eigenvalue weighted by Gasteiger charge is -2.08. The van der Waals surface area contributed by atoms with Crippen LogP contribution in [0.15, 0.2) is 28.6 Å². The first-order valence-corrected chi connectivity index (χ1v) is 9.50. The van der Waals surface area contributed by atoms with E-state index in [1.807, 2.05) is 0 Å². The predicted octanol–water partition coefficient (Wildman–Crippen LogP) is 1.69. The molecule has 24 heavy (non-hydrogen) atoms. The van der Waals surface area contributed by atoms with Crippen molar-refractivity contribution in [2.24, 2.45) is 0 Å². The van der Waals surface area contributed by atoms with E-state index < -0.39 is 21.7 Å². The summed E-state index contributed by atoms with van der Waals surface area (Å²) in [4.78, 5) is 16.3. The van der Waals surface area contributed by atoms with Crippen LogP contribution in [0.1, 0.15) is 10.6 Å². The van der Waals surface area contributed by atoms with Gasteiger partial charge in [0.15, 0.2) is 21.4 Å². The van der Waals surface area contributed by atoms with E-state index in [-0.39, 0.29) is 28.7 Å². The van der Waals surface area contributed by atoms with Crippen molar-refractivity contribution in [2.75, 3.05) is 13.4 Å². The Balaban J connectivity index is 1.87. The monoisotopic (exact) mass is 373 g/mol. The van der Waals surface area contributed by atoms with Gasteiger partial charge < -0.3 is 15.4 Å². The molecule has 2 aromatic rings. The molecule has 0 fully saturated rings. The second-order valence-electron chi connectivity index (χ2n) is 4.80. The zero-order valence-corrected chi connectivity index (χ0v) is 14.6. The van der Waals surface area contributed by atoms with Crippen LogP contribution in [0, 0.1) is 5.82 Å².